The molecule has 3 N–H and O–H groups in total. The highest BCUT2D eigenvalue weighted by Gasteiger charge is 2.34. The van der Waals surface area contributed by atoms with Crippen LogP contribution < -0.4 is 14.8 Å². The van der Waals surface area contributed by atoms with E-state index >= 15 is 0 Å². The van der Waals surface area contributed by atoms with Gasteiger partial charge < -0.3 is 19.6 Å². The summed E-state index contributed by atoms with van der Waals surface area (Å²) < 4.78 is 10.7. The van der Waals surface area contributed by atoms with Gasteiger partial charge in [-0.25, -0.2) is 4.98 Å². The lowest BCUT2D eigenvalue weighted by Gasteiger charge is -2.29. The zero-order valence-electron chi connectivity index (χ0n) is 12.3. The lowest BCUT2D eigenvalue weighted by atomic mass is 9.93. The van der Waals surface area contributed by atoms with Crippen molar-refractivity contribution in [3.8, 4) is 11.5 Å². The third-order valence-electron chi connectivity index (χ3n) is 3.85. The predicted octanol–water partition coefficient (Wildman–Crippen LogP) is 1.12. The van der Waals surface area contributed by atoms with E-state index in [-0.39, 0.29) is 6.04 Å². The topological polar surface area (TPSA) is 96.5 Å². The molecule has 0 saturated heterocycles. The van der Waals surface area contributed by atoms with Gasteiger partial charge in [-0.2, -0.15) is 0 Å². The number of aromatic nitrogens is 2. The van der Waals surface area contributed by atoms with Gasteiger partial charge in [0.25, 0.3) is 0 Å². The Morgan fingerprint density at radius 3 is 2.86 bits per heavy atom. The molecular formula is C15H17N3O4. The highest BCUT2D eigenvalue weighted by molar-refractivity contribution is 5.74. The second-order valence-corrected chi connectivity index (χ2v) is 5.07. The Labute approximate surface area is 127 Å². The Hall–Kier alpha value is -2.54. The second-order valence-electron chi connectivity index (χ2n) is 5.07. The third kappa shape index (κ3) is 2.39. The van der Waals surface area contributed by atoms with E-state index in [1.54, 1.807) is 32.7 Å². The number of rotatable bonds is 4. The van der Waals surface area contributed by atoms with Gasteiger partial charge in [0.2, 0.25) is 0 Å². The lowest BCUT2D eigenvalue weighted by molar-refractivity contribution is -0.139. The Morgan fingerprint density at radius 2 is 2.18 bits per heavy atom. The van der Waals surface area contributed by atoms with Crippen LogP contribution in [0.2, 0.25) is 0 Å². The largest absolute Gasteiger partial charge is 0.497 e. The number of H-pyrrole nitrogens is 1. The fraction of sp³-hybridized carbons (Fsp3) is 0.333. The van der Waals surface area contributed by atoms with Crippen LogP contribution in [-0.4, -0.2) is 41.3 Å². The molecule has 2 atom stereocenters. The van der Waals surface area contributed by atoms with E-state index in [0.29, 0.717) is 17.9 Å². The maximum Gasteiger partial charge on any atom is 0.321 e. The van der Waals surface area contributed by atoms with Crippen LogP contribution in [0.5, 0.6) is 11.5 Å². The number of hydrogen-bond acceptors (Lipinski definition) is 5. The Kier molecular flexibility index (Phi) is 3.72. The van der Waals surface area contributed by atoms with Gasteiger partial charge >= 0.3 is 5.97 Å². The zero-order chi connectivity index (χ0) is 15.7. The van der Waals surface area contributed by atoms with E-state index in [4.69, 9.17) is 9.47 Å². The first-order valence-electron chi connectivity index (χ1n) is 6.87. The number of aromatic amines is 1. The number of methoxy groups -OCH3 is 2. The molecule has 2 heterocycles. The predicted molar refractivity (Wildman–Crippen MR) is 78.2 cm³/mol. The molecule has 7 heteroatoms. The van der Waals surface area contributed by atoms with E-state index in [1.807, 2.05) is 6.07 Å². The van der Waals surface area contributed by atoms with Crippen molar-refractivity contribution in [3.63, 3.8) is 0 Å². The van der Waals surface area contributed by atoms with Crippen LogP contribution in [-0.2, 0) is 11.2 Å². The molecule has 0 amide bonds. The standard InChI is InChI=1S/C15H17N3O4/c1-21-8-3-4-12(22-2)9(5-8)13-14-10(16-7-17-14)6-11(18-13)15(19)20/h3-5,7,11,13,18H,6H2,1-2H3,(H,16,17)(H,19,20)/t11-,13+/m0/s1. The Balaban J connectivity index is 2.09. The average Bonchev–Trinajstić information content (AvgIpc) is 3.01. The molecule has 0 aliphatic carbocycles. The molecule has 0 radical (unpaired) electrons. The van der Waals surface area contributed by atoms with Gasteiger partial charge in [0.05, 0.1) is 32.3 Å². The lowest BCUT2D eigenvalue weighted by Crippen LogP contribution is -2.45. The number of fused-ring (bicyclic) bond motifs is 1. The number of benzene rings is 1. The van der Waals surface area contributed by atoms with Crippen molar-refractivity contribution >= 4 is 5.97 Å². The van der Waals surface area contributed by atoms with Crippen LogP contribution in [0.1, 0.15) is 23.0 Å². The summed E-state index contributed by atoms with van der Waals surface area (Å²) in [5.74, 6) is 0.428. The number of aliphatic carboxylic acids is 1. The zero-order valence-corrected chi connectivity index (χ0v) is 12.3. The molecule has 0 fully saturated rings. The number of carboxylic acid groups (broad SMARTS) is 1. The molecule has 116 valence electrons. The molecule has 1 aliphatic heterocycles. The van der Waals surface area contributed by atoms with Crippen molar-refractivity contribution in [1.29, 1.82) is 0 Å². The number of hydrogen-bond donors (Lipinski definition) is 3. The fourth-order valence-corrected chi connectivity index (χ4v) is 2.75. The summed E-state index contributed by atoms with van der Waals surface area (Å²) in [4.78, 5) is 18.7. The minimum atomic E-state index is -0.896. The summed E-state index contributed by atoms with van der Waals surface area (Å²) in [6.45, 7) is 0. The fourth-order valence-electron chi connectivity index (χ4n) is 2.75. The van der Waals surface area contributed by atoms with Crippen LogP contribution in [0.4, 0.5) is 0 Å². The first-order chi connectivity index (χ1) is 10.6. The van der Waals surface area contributed by atoms with Crippen LogP contribution in [0, 0.1) is 0 Å². The molecule has 0 bridgehead atoms. The second kappa shape index (κ2) is 5.69. The maximum atomic E-state index is 11.4. The summed E-state index contributed by atoms with van der Waals surface area (Å²) in [6, 6.07) is 4.37. The number of nitrogens with one attached hydrogen (secondary N) is 2. The summed E-state index contributed by atoms with van der Waals surface area (Å²) >= 11 is 0. The third-order valence-corrected chi connectivity index (χ3v) is 3.85. The number of nitrogens with zero attached hydrogens (tertiary/aromatic N) is 1. The number of imidazole rings is 1. The molecule has 0 spiro atoms. The molecule has 1 aliphatic rings. The van der Waals surface area contributed by atoms with Crippen molar-refractivity contribution in [3.05, 3.63) is 41.5 Å². The van der Waals surface area contributed by atoms with Gasteiger partial charge in [-0.3, -0.25) is 10.1 Å². The van der Waals surface area contributed by atoms with E-state index in [1.165, 1.54) is 0 Å². The molecular weight excluding hydrogens is 286 g/mol. The molecule has 3 rings (SSSR count). The number of carbonyl (C=O) groups is 1. The van der Waals surface area contributed by atoms with E-state index in [9.17, 15) is 9.90 Å². The van der Waals surface area contributed by atoms with Crippen molar-refractivity contribution in [1.82, 2.24) is 15.3 Å². The monoisotopic (exact) mass is 303 g/mol. The van der Waals surface area contributed by atoms with Crippen LogP contribution in [0.15, 0.2) is 24.5 Å². The quantitative estimate of drug-likeness (QED) is 0.783. The Morgan fingerprint density at radius 1 is 1.36 bits per heavy atom. The van der Waals surface area contributed by atoms with Crippen molar-refractivity contribution < 1.29 is 19.4 Å². The van der Waals surface area contributed by atoms with Crippen molar-refractivity contribution in [2.75, 3.05) is 14.2 Å². The molecule has 1 aromatic carbocycles. The summed E-state index contributed by atoms with van der Waals surface area (Å²) in [5, 5.41) is 12.5. The number of carboxylic acids is 1. The first kappa shape index (κ1) is 14.4. The van der Waals surface area contributed by atoms with Crippen LogP contribution in [0.25, 0.3) is 0 Å². The summed E-state index contributed by atoms with van der Waals surface area (Å²) in [7, 11) is 3.16. The van der Waals surface area contributed by atoms with Gasteiger partial charge in [-0.15, -0.1) is 0 Å². The molecule has 0 saturated carbocycles. The van der Waals surface area contributed by atoms with Gasteiger partial charge in [-0.05, 0) is 18.2 Å². The van der Waals surface area contributed by atoms with E-state index in [2.05, 4.69) is 15.3 Å². The van der Waals surface area contributed by atoms with Gasteiger partial charge in [-0.1, -0.05) is 0 Å². The Bertz CT molecular complexity index is 698. The highest BCUT2D eigenvalue weighted by atomic mass is 16.5. The summed E-state index contributed by atoms with van der Waals surface area (Å²) in [5.41, 5.74) is 2.39. The molecule has 22 heavy (non-hydrogen) atoms. The average molecular weight is 303 g/mol. The van der Waals surface area contributed by atoms with Crippen LogP contribution in [0.3, 0.4) is 0 Å². The first-order valence-corrected chi connectivity index (χ1v) is 6.87. The van der Waals surface area contributed by atoms with Crippen molar-refractivity contribution in [2.45, 2.75) is 18.5 Å². The van der Waals surface area contributed by atoms with Gasteiger partial charge in [0.1, 0.15) is 17.5 Å². The van der Waals surface area contributed by atoms with Gasteiger partial charge in [0.15, 0.2) is 0 Å². The summed E-state index contributed by atoms with van der Waals surface area (Å²) in [6.07, 6.45) is 1.95. The molecule has 7 nitrogen and oxygen atoms in total. The smallest absolute Gasteiger partial charge is 0.321 e. The minimum Gasteiger partial charge on any atom is -0.497 e. The number of ether oxygens (including phenoxy) is 2. The maximum absolute atomic E-state index is 11.4. The van der Waals surface area contributed by atoms with E-state index in [0.717, 1.165) is 17.0 Å². The minimum absolute atomic E-state index is 0.369. The molecule has 0 unspecified atom stereocenters. The molecule has 1 aromatic heterocycles. The highest BCUT2D eigenvalue weighted by Crippen LogP contribution is 2.36. The van der Waals surface area contributed by atoms with E-state index < -0.39 is 12.0 Å². The van der Waals surface area contributed by atoms with Gasteiger partial charge in [0, 0.05) is 17.7 Å². The van der Waals surface area contributed by atoms with Crippen LogP contribution >= 0.6 is 0 Å². The SMILES string of the molecule is COc1ccc(OC)c([C@H]2N[C@H](C(=O)O)Cc3[nH]cnc32)c1. The normalized spacial score (nSPS) is 20.3. The molecule has 2 aromatic rings. The van der Waals surface area contributed by atoms with Crippen molar-refractivity contribution in [2.24, 2.45) is 0 Å².